The highest BCUT2D eigenvalue weighted by Gasteiger charge is 2.61. The third-order valence-electron chi connectivity index (χ3n) is 8.16. The van der Waals surface area contributed by atoms with Gasteiger partial charge in [0.2, 0.25) is 11.8 Å². The highest BCUT2D eigenvalue weighted by molar-refractivity contribution is 5.84. The fourth-order valence-corrected chi connectivity index (χ4v) is 7.62. The van der Waals surface area contributed by atoms with E-state index in [0.717, 1.165) is 82.6 Å². The first-order valence-corrected chi connectivity index (χ1v) is 12.1. The molecule has 2 heterocycles. The molecule has 1 aromatic rings. The Kier molecular flexibility index (Phi) is 5.32. The second-order valence-electron chi connectivity index (χ2n) is 10.9. The molecule has 1 aromatic heterocycles. The largest absolute Gasteiger partial charge is 0.351 e. The fourth-order valence-electron chi connectivity index (χ4n) is 7.62. The molecule has 1 saturated heterocycles. The highest BCUT2D eigenvalue weighted by atomic mass is 16.2. The molecular formula is C25H36N4O2. The van der Waals surface area contributed by atoms with Gasteiger partial charge in [-0.2, -0.15) is 0 Å². The number of pyridine rings is 1. The second-order valence-corrected chi connectivity index (χ2v) is 10.9. The van der Waals surface area contributed by atoms with Gasteiger partial charge in [-0.1, -0.05) is 6.07 Å². The zero-order chi connectivity index (χ0) is 21.6. The smallest absolute Gasteiger partial charge is 0.228 e. The Morgan fingerprint density at radius 2 is 1.87 bits per heavy atom. The topological polar surface area (TPSA) is 65.5 Å². The maximum atomic E-state index is 13.9. The number of aryl methyl sites for hydroxylation is 1. The molecule has 2 amide bonds. The van der Waals surface area contributed by atoms with E-state index in [1.165, 1.54) is 6.42 Å². The van der Waals surface area contributed by atoms with Gasteiger partial charge in [0.25, 0.3) is 0 Å². The number of nitrogens with zero attached hydrogens (tertiary/aromatic N) is 3. The van der Waals surface area contributed by atoms with Crippen LogP contribution in [0.5, 0.6) is 0 Å². The second kappa shape index (κ2) is 7.88. The van der Waals surface area contributed by atoms with Crippen LogP contribution in [0.3, 0.4) is 0 Å². The summed E-state index contributed by atoms with van der Waals surface area (Å²) in [7, 11) is 0. The fraction of sp³-hybridized carbons (Fsp3) is 0.720. The molecule has 6 heteroatoms. The van der Waals surface area contributed by atoms with Crippen LogP contribution in [0.25, 0.3) is 0 Å². The van der Waals surface area contributed by atoms with Gasteiger partial charge < -0.3 is 10.2 Å². The molecule has 5 fully saturated rings. The minimum atomic E-state index is -0.250. The SMILES string of the molecule is CC(=O)NC12C[C@H]3C[C@H](C1)CC(C(=O)N1CCCN(Cc4cccc(C)n4)CC1)(C3)C2. The number of hydrogen-bond acceptors (Lipinski definition) is 4. The number of aromatic nitrogens is 1. The average molecular weight is 425 g/mol. The van der Waals surface area contributed by atoms with Crippen LogP contribution in [0, 0.1) is 24.2 Å². The van der Waals surface area contributed by atoms with E-state index >= 15 is 0 Å². The van der Waals surface area contributed by atoms with Gasteiger partial charge >= 0.3 is 0 Å². The number of carbonyl (C=O) groups is 2. The molecule has 0 radical (unpaired) electrons. The molecule has 4 aliphatic carbocycles. The van der Waals surface area contributed by atoms with Gasteiger partial charge in [0.1, 0.15) is 0 Å². The van der Waals surface area contributed by atoms with E-state index in [-0.39, 0.29) is 16.9 Å². The molecule has 6 rings (SSSR count). The number of nitrogens with one attached hydrogen (secondary N) is 1. The first-order chi connectivity index (χ1) is 14.8. The molecule has 31 heavy (non-hydrogen) atoms. The van der Waals surface area contributed by atoms with Crippen molar-refractivity contribution in [3.63, 3.8) is 0 Å². The lowest BCUT2D eigenvalue weighted by atomic mass is 9.46. The van der Waals surface area contributed by atoms with Gasteiger partial charge in [-0.05, 0) is 75.8 Å². The monoisotopic (exact) mass is 424 g/mol. The molecule has 2 atom stereocenters. The maximum absolute atomic E-state index is 13.9. The molecule has 5 aliphatic rings. The lowest BCUT2D eigenvalue weighted by Gasteiger charge is -2.61. The summed E-state index contributed by atoms with van der Waals surface area (Å²) in [5.74, 6) is 1.60. The van der Waals surface area contributed by atoms with Crippen molar-refractivity contribution in [2.45, 2.75) is 70.9 Å². The summed E-state index contributed by atoms with van der Waals surface area (Å²) in [6, 6.07) is 6.20. The lowest BCUT2D eigenvalue weighted by Crippen LogP contribution is -2.66. The van der Waals surface area contributed by atoms with Crippen molar-refractivity contribution in [3.05, 3.63) is 29.6 Å². The van der Waals surface area contributed by atoms with Gasteiger partial charge in [-0.25, -0.2) is 0 Å². The van der Waals surface area contributed by atoms with Crippen molar-refractivity contribution in [1.29, 1.82) is 0 Å². The zero-order valence-corrected chi connectivity index (χ0v) is 19.0. The van der Waals surface area contributed by atoms with Crippen LogP contribution in [0.1, 0.15) is 63.3 Å². The first kappa shape index (κ1) is 20.9. The van der Waals surface area contributed by atoms with Crippen LogP contribution in [0.4, 0.5) is 0 Å². The molecule has 6 nitrogen and oxygen atoms in total. The van der Waals surface area contributed by atoms with E-state index in [1.54, 1.807) is 6.92 Å². The van der Waals surface area contributed by atoms with E-state index in [0.29, 0.717) is 17.7 Å². The van der Waals surface area contributed by atoms with Crippen LogP contribution in [0.2, 0.25) is 0 Å². The Labute approximate surface area is 185 Å². The molecular weight excluding hydrogens is 388 g/mol. The molecule has 168 valence electrons. The van der Waals surface area contributed by atoms with Gasteiger partial charge in [-0.15, -0.1) is 0 Å². The van der Waals surface area contributed by atoms with Crippen LogP contribution in [-0.2, 0) is 16.1 Å². The third kappa shape index (κ3) is 4.11. The summed E-state index contributed by atoms with van der Waals surface area (Å²) in [6.45, 7) is 8.07. The summed E-state index contributed by atoms with van der Waals surface area (Å²) in [6.07, 6.45) is 7.28. The summed E-state index contributed by atoms with van der Waals surface area (Å²) < 4.78 is 0. The summed E-state index contributed by atoms with van der Waals surface area (Å²) in [5.41, 5.74) is 1.78. The average Bonchev–Trinajstić information content (AvgIpc) is 2.91. The quantitative estimate of drug-likeness (QED) is 0.807. The van der Waals surface area contributed by atoms with Gasteiger partial charge in [0.15, 0.2) is 0 Å². The Balaban J connectivity index is 1.27. The Bertz CT molecular complexity index is 855. The van der Waals surface area contributed by atoms with E-state index in [1.807, 2.05) is 13.0 Å². The Hall–Kier alpha value is -1.95. The van der Waals surface area contributed by atoms with Crippen molar-refractivity contribution in [2.24, 2.45) is 17.3 Å². The summed E-state index contributed by atoms with van der Waals surface area (Å²) >= 11 is 0. The molecule has 1 aliphatic heterocycles. The van der Waals surface area contributed by atoms with Crippen molar-refractivity contribution in [1.82, 2.24) is 20.1 Å². The molecule has 4 bridgehead atoms. The third-order valence-corrected chi connectivity index (χ3v) is 8.16. The predicted octanol–water partition coefficient (Wildman–Crippen LogP) is 2.90. The van der Waals surface area contributed by atoms with E-state index in [9.17, 15) is 9.59 Å². The molecule has 0 unspecified atom stereocenters. The Morgan fingerprint density at radius 3 is 2.58 bits per heavy atom. The number of hydrogen-bond donors (Lipinski definition) is 1. The van der Waals surface area contributed by atoms with Crippen LogP contribution in [-0.4, -0.2) is 58.3 Å². The van der Waals surface area contributed by atoms with Crippen molar-refractivity contribution in [2.75, 3.05) is 26.2 Å². The highest BCUT2D eigenvalue weighted by Crippen LogP contribution is 2.62. The first-order valence-electron chi connectivity index (χ1n) is 12.1. The van der Waals surface area contributed by atoms with Gasteiger partial charge in [0.05, 0.1) is 11.1 Å². The van der Waals surface area contributed by atoms with E-state index in [4.69, 9.17) is 0 Å². The Morgan fingerprint density at radius 1 is 1.10 bits per heavy atom. The lowest BCUT2D eigenvalue weighted by molar-refractivity contribution is -0.163. The number of amides is 2. The molecule has 1 N–H and O–H groups in total. The van der Waals surface area contributed by atoms with E-state index < -0.39 is 0 Å². The van der Waals surface area contributed by atoms with Crippen molar-refractivity contribution < 1.29 is 9.59 Å². The predicted molar refractivity (Wildman–Crippen MR) is 119 cm³/mol. The molecule has 4 saturated carbocycles. The molecule has 0 aromatic carbocycles. The standard InChI is InChI=1S/C25H36N4O2/c1-18-5-3-6-22(26-18)16-28-7-4-8-29(10-9-28)23(31)24-12-20-11-21(13-24)15-25(14-20,17-24)27-19(2)30/h3,5-6,20-21H,4,7-17H2,1-2H3,(H,27,30)/t20-,21-,24?,25?/m0/s1. The van der Waals surface area contributed by atoms with Crippen molar-refractivity contribution >= 4 is 11.8 Å². The van der Waals surface area contributed by atoms with Crippen molar-refractivity contribution in [3.8, 4) is 0 Å². The van der Waals surface area contributed by atoms with Gasteiger partial charge in [0, 0.05) is 50.9 Å². The normalized spacial score (nSPS) is 35.1. The van der Waals surface area contributed by atoms with E-state index in [2.05, 4.69) is 32.2 Å². The summed E-state index contributed by atoms with van der Waals surface area (Å²) in [5, 5.41) is 3.30. The number of rotatable bonds is 4. The van der Waals surface area contributed by atoms with Crippen LogP contribution < -0.4 is 5.32 Å². The maximum Gasteiger partial charge on any atom is 0.228 e. The molecule has 0 spiro atoms. The van der Waals surface area contributed by atoms with Crippen LogP contribution in [0.15, 0.2) is 18.2 Å². The van der Waals surface area contributed by atoms with Gasteiger partial charge in [-0.3, -0.25) is 19.5 Å². The summed E-state index contributed by atoms with van der Waals surface area (Å²) in [4.78, 5) is 35.1. The zero-order valence-electron chi connectivity index (χ0n) is 19.0. The van der Waals surface area contributed by atoms with Crippen LogP contribution >= 0.6 is 0 Å². The number of carbonyl (C=O) groups excluding carboxylic acids is 2. The minimum absolute atomic E-state index is 0.0553. The minimum Gasteiger partial charge on any atom is -0.351 e.